The molecule has 4 heterocycles. The SMILES string of the molecule is CC(NC(=O)c1c(N)nc2cccnn12)c1cc2cccc(C#Cc3cnn(C)c3)c2nc1-c1ccccc1. The molecule has 1 amide bonds. The van der Waals surface area contributed by atoms with Crippen molar-refractivity contribution in [2.24, 2.45) is 7.05 Å². The van der Waals surface area contributed by atoms with Gasteiger partial charge in [0, 0.05) is 36.0 Å². The molecule has 0 saturated heterocycles. The lowest BCUT2D eigenvalue weighted by Crippen LogP contribution is -2.29. The highest BCUT2D eigenvalue weighted by Crippen LogP contribution is 2.31. The standard InChI is InChI=1S/C30H24N8O/c1-19(34-30(39)28-29(31)35-25-12-7-15-32-38(25)28)24-16-23-11-6-10-22(14-13-20-17-33-37(2)18-20)26(23)36-27(24)21-8-4-3-5-9-21/h3-12,15-19H,31H2,1-2H3,(H,34,39). The summed E-state index contributed by atoms with van der Waals surface area (Å²) in [6.45, 7) is 1.92. The Hall–Kier alpha value is -5.49. The number of nitrogens with one attached hydrogen (secondary N) is 1. The van der Waals surface area contributed by atoms with Gasteiger partial charge in [0.15, 0.2) is 17.2 Å². The molecule has 0 saturated carbocycles. The van der Waals surface area contributed by atoms with E-state index in [0.717, 1.165) is 38.9 Å². The van der Waals surface area contributed by atoms with E-state index < -0.39 is 6.04 Å². The van der Waals surface area contributed by atoms with Gasteiger partial charge in [-0.15, -0.1) is 0 Å². The van der Waals surface area contributed by atoms with E-state index in [2.05, 4.69) is 38.4 Å². The first-order valence-corrected chi connectivity index (χ1v) is 12.4. The van der Waals surface area contributed by atoms with Crippen LogP contribution in [0.2, 0.25) is 0 Å². The molecule has 0 aliphatic carbocycles. The van der Waals surface area contributed by atoms with Gasteiger partial charge in [0.1, 0.15) is 0 Å². The molecular formula is C30H24N8O. The minimum atomic E-state index is -0.400. The van der Waals surface area contributed by atoms with E-state index in [-0.39, 0.29) is 17.4 Å². The molecule has 1 atom stereocenters. The molecule has 1 unspecified atom stereocenters. The Balaban J connectivity index is 1.43. The number of nitrogens with two attached hydrogens (primary N) is 1. The first-order chi connectivity index (χ1) is 19.0. The van der Waals surface area contributed by atoms with Gasteiger partial charge < -0.3 is 11.1 Å². The number of fused-ring (bicyclic) bond motifs is 2. The molecule has 6 rings (SSSR count). The average molecular weight is 513 g/mol. The van der Waals surface area contributed by atoms with E-state index in [4.69, 9.17) is 10.7 Å². The van der Waals surface area contributed by atoms with Crippen LogP contribution in [0.25, 0.3) is 27.8 Å². The lowest BCUT2D eigenvalue weighted by atomic mass is 9.97. The summed E-state index contributed by atoms with van der Waals surface area (Å²) in [5.41, 5.74) is 11.8. The second kappa shape index (κ2) is 9.76. The van der Waals surface area contributed by atoms with Crippen molar-refractivity contribution in [1.29, 1.82) is 0 Å². The largest absolute Gasteiger partial charge is 0.382 e. The van der Waals surface area contributed by atoms with Crippen LogP contribution in [-0.2, 0) is 7.05 Å². The second-order valence-corrected chi connectivity index (χ2v) is 9.16. The first kappa shape index (κ1) is 23.9. The molecule has 0 fully saturated rings. The zero-order valence-corrected chi connectivity index (χ0v) is 21.3. The molecule has 0 aliphatic heterocycles. The summed E-state index contributed by atoms with van der Waals surface area (Å²) >= 11 is 0. The van der Waals surface area contributed by atoms with Gasteiger partial charge in [-0.05, 0) is 31.2 Å². The number of carbonyl (C=O) groups is 1. The van der Waals surface area contributed by atoms with Crippen molar-refractivity contribution in [2.45, 2.75) is 13.0 Å². The highest BCUT2D eigenvalue weighted by Gasteiger charge is 2.23. The highest BCUT2D eigenvalue weighted by molar-refractivity contribution is 5.98. The minimum absolute atomic E-state index is 0.121. The maximum Gasteiger partial charge on any atom is 0.274 e. The molecule has 0 spiro atoms. The topological polar surface area (TPSA) is 116 Å². The van der Waals surface area contributed by atoms with Gasteiger partial charge in [-0.3, -0.25) is 9.48 Å². The second-order valence-electron chi connectivity index (χ2n) is 9.16. The van der Waals surface area contributed by atoms with E-state index in [1.165, 1.54) is 4.52 Å². The lowest BCUT2D eigenvalue weighted by molar-refractivity contribution is 0.0934. The van der Waals surface area contributed by atoms with E-state index >= 15 is 0 Å². The fourth-order valence-electron chi connectivity index (χ4n) is 4.56. The number of carbonyl (C=O) groups excluding carboxylic acids is 1. The third kappa shape index (κ3) is 4.55. The Labute approximate surface area is 224 Å². The van der Waals surface area contributed by atoms with E-state index in [1.54, 1.807) is 29.2 Å². The molecule has 190 valence electrons. The molecule has 3 N–H and O–H groups in total. The number of hydrogen-bond donors (Lipinski definition) is 2. The number of anilines is 1. The van der Waals surface area contributed by atoms with Gasteiger partial charge in [-0.2, -0.15) is 10.2 Å². The number of pyridine rings is 1. The Kier molecular flexibility index (Phi) is 5.98. The Morgan fingerprint density at radius 1 is 1.00 bits per heavy atom. The molecule has 9 heteroatoms. The molecule has 0 radical (unpaired) electrons. The van der Waals surface area contributed by atoms with E-state index in [9.17, 15) is 4.79 Å². The predicted octanol–water partition coefficient (Wildman–Crippen LogP) is 4.15. The number of hydrogen-bond acceptors (Lipinski definition) is 6. The van der Waals surface area contributed by atoms with E-state index in [0.29, 0.717) is 5.65 Å². The van der Waals surface area contributed by atoms with Gasteiger partial charge in [0.05, 0.1) is 34.6 Å². The molecule has 9 nitrogen and oxygen atoms in total. The Bertz CT molecular complexity index is 1910. The quantitative estimate of drug-likeness (QED) is 0.343. The molecule has 0 aliphatic rings. The van der Waals surface area contributed by atoms with Gasteiger partial charge in [0.25, 0.3) is 5.91 Å². The van der Waals surface area contributed by atoms with Crippen LogP contribution in [0.5, 0.6) is 0 Å². The van der Waals surface area contributed by atoms with Crippen molar-refractivity contribution in [3.63, 3.8) is 0 Å². The molecule has 2 aromatic carbocycles. The summed E-state index contributed by atoms with van der Waals surface area (Å²) in [7, 11) is 1.86. The number of benzene rings is 2. The first-order valence-electron chi connectivity index (χ1n) is 12.4. The smallest absolute Gasteiger partial charge is 0.274 e. The van der Waals surface area contributed by atoms with Crippen LogP contribution in [0.4, 0.5) is 5.82 Å². The number of rotatable bonds is 4. The van der Waals surface area contributed by atoms with Crippen LogP contribution in [-0.4, -0.2) is 35.3 Å². The molecule has 4 aromatic heterocycles. The fraction of sp³-hybridized carbons (Fsp3) is 0.100. The highest BCUT2D eigenvalue weighted by atomic mass is 16.2. The number of para-hydroxylation sites is 1. The predicted molar refractivity (Wildman–Crippen MR) is 150 cm³/mol. The summed E-state index contributed by atoms with van der Waals surface area (Å²) in [6, 6.07) is 21.0. The Morgan fingerprint density at radius 3 is 2.64 bits per heavy atom. The van der Waals surface area contributed by atoms with Crippen molar-refractivity contribution >= 4 is 28.3 Å². The summed E-state index contributed by atoms with van der Waals surface area (Å²) in [6.07, 6.45) is 5.19. The summed E-state index contributed by atoms with van der Waals surface area (Å²) < 4.78 is 3.17. The van der Waals surface area contributed by atoms with Crippen LogP contribution >= 0.6 is 0 Å². The van der Waals surface area contributed by atoms with Crippen molar-refractivity contribution in [1.82, 2.24) is 34.7 Å². The van der Waals surface area contributed by atoms with Crippen molar-refractivity contribution in [3.05, 3.63) is 108 Å². The minimum Gasteiger partial charge on any atom is -0.382 e. The Morgan fingerprint density at radius 2 is 1.85 bits per heavy atom. The van der Waals surface area contributed by atoms with Crippen molar-refractivity contribution in [3.8, 4) is 23.1 Å². The zero-order chi connectivity index (χ0) is 26.9. The van der Waals surface area contributed by atoms with Crippen molar-refractivity contribution in [2.75, 3.05) is 5.73 Å². The summed E-state index contributed by atoms with van der Waals surface area (Å²) in [5.74, 6) is 6.18. The third-order valence-electron chi connectivity index (χ3n) is 6.42. The summed E-state index contributed by atoms with van der Waals surface area (Å²) in [4.78, 5) is 22.7. The number of aromatic nitrogens is 6. The maximum atomic E-state index is 13.4. The number of amides is 1. The van der Waals surface area contributed by atoms with Gasteiger partial charge in [0.2, 0.25) is 0 Å². The fourth-order valence-corrected chi connectivity index (χ4v) is 4.56. The van der Waals surface area contributed by atoms with Crippen molar-refractivity contribution < 1.29 is 4.79 Å². The van der Waals surface area contributed by atoms with Crippen LogP contribution < -0.4 is 11.1 Å². The van der Waals surface area contributed by atoms with Crippen LogP contribution in [0.3, 0.4) is 0 Å². The normalized spacial score (nSPS) is 11.7. The van der Waals surface area contributed by atoms with Crippen LogP contribution in [0, 0.1) is 11.8 Å². The molecule has 0 bridgehead atoms. The maximum absolute atomic E-state index is 13.4. The lowest BCUT2D eigenvalue weighted by Gasteiger charge is -2.19. The van der Waals surface area contributed by atoms with Crippen LogP contribution in [0.1, 0.15) is 40.1 Å². The van der Waals surface area contributed by atoms with Gasteiger partial charge in [-0.25, -0.2) is 14.5 Å². The number of imidazole rings is 1. The molecular weight excluding hydrogens is 488 g/mol. The number of aryl methyl sites for hydroxylation is 1. The molecule has 39 heavy (non-hydrogen) atoms. The van der Waals surface area contributed by atoms with Gasteiger partial charge in [-0.1, -0.05) is 54.3 Å². The van der Waals surface area contributed by atoms with Crippen LogP contribution in [0.15, 0.2) is 85.3 Å². The van der Waals surface area contributed by atoms with E-state index in [1.807, 2.05) is 68.7 Å². The zero-order valence-electron chi connectivity index (χ0n) is 21.3. The number of nitrogens with zero attached hydrogens (tertiary/aromatic N) is 6. The number of nitrogen functional groups attached to an aromatic ring is 1. The average Bonchev–Trinajstić information content (AvgIpc) is 3.52. The third-order valence-corrected chi connectivity index (χ3v) is 6.42. The summed E-state index contributed by atoms with van der Waals surface area (Å²) in [5, 5.41) is 12.4. The molecule has 6 aromatic rings. The monoisotopic (exact) mass is 512 g/mol. The van der Waals surface area contributed by atoms with Gasteiger partial charge >= 0.3 is 0 Å².